The van der Waals surface area contributed by atoms with Crippen molar-refractivity contribution in [3.63, 3.8) is 0 Å². The highest BCUT2D eigenvalue weighted by molar-refractivity contribution is 7.23. The van der Waals surface area contributed by atoms with Gasteiger partial charge < -0.3 is 4.57 Å². The molecule has 142 valence electrons. The quantitative estimate of drug-likeness (QED) is 0.439. The number of amides is 1. The Hall–Kier alpha value is -2.70. The number of halogens is 1. The molecule has 4 rings (SSSR count). The third-order valence-electron chi connectivity index (χ3n) is 4.54. The highest BCUT2D eigenvalue weighted by atomic mass is 35.5. The second kappa shape index (κ2) is 8.12. The van der Waals surface area contributed by atoms with Gasteiger partial charge in [-0.3, -0.25) is 9.69 Å². The Morgan fingerprint density at radius 3 is 2.75 bits per heavy atom. The van der Waals surface area contributed by atoms with Gasteiger partial charge in [-0.05, 0) is 37.1 Å². The van der Waals surface area contributed by atoms with E-state index >= 15 is 0 Å². The topological polar surface area (TPSA) is 51.0 Å². The molecular formula is C21H19ClN4OS. The standard InChI is InChI=1S/C21H19ClN4OS/c1-15-8-9-17(22)19-18(15)24-21(28-19)26(12-5-11-25-13-10-23-14-25)20(27)16-6-3-2-4-7-16/h2-4,6-10,13-14H,5,11-12H2,1H3. The highest BCUT2D eigenvalue weighted by Crippen LogP contribution is 2.36. The molecule has 0 aliphatic rings. The van der Waals surface area contributed by atoms with Crippen LogP contribution in [0.2, 0.25) is 5.02 Å². The molecule has 0 unspecified atom stereocenters. The fraction of sp³-hybridized carbons (Fsp3) is 0.190. The number of anilines is 1. The zero-order valence-electron chi connectivity index (χ0n) is 15.4. The van der Waals surface area contributed by atoms with Gasteiger partial charge in [0.15, 0.2) is 5.13 Å². The van der Waals surface area contributed by atoms with Gasteiger partial charge in [-0.15, -0.1) is 0 Å². The van der Waals surface area contributed by atoms with E-state index in [2.05, 4.69) is 4.98 Å². The number of carbonyl (C=O) groups excluding carboxylic acids is 1. The van der Waals surface area contributed by atoms with Crippen LogP contribution in [0.3, 0.4) is 0 Å². The average Bonchev–Trinajstić information content (AvgIpc) is 3.39. The van der Waals surface area contributed by atoms with Crippen LogP contribution in [-0.4, -0.2) is 27.0 Å². The van der Waals surface area contributed by atoms with Crippen molar-refractivity contribution >= 4 is 44.2 Å². The van der Waals surface area contributed by atoms with E-state index in [9.17, 15) is 4.79 Å². The van der Waals surface area contributed by atoms with Gasteiger partial charge in [0, 0.05) is 31.0 Å². The van der Waals surface area contributed by atoms with Crippen LogP contribution in [0.5, 0.6) is 0 Å². The van der Waals surface area contributed by atoms with Gasteiger partial charge in [0.05, 0.1) is 21.6 Å². The normalized spacial score (nSPS) is 11.1. The maximum Gasteiger partial charge on any atom is 0.260 e. The molecule has 0 saturated carbocycles. The average molecular weight is 411 g/mol. The number of fused-ring (bicyclic) bond motifs is 1. The van der Waals surface area contributed by atoms with Crippen LogP contribution in [0.4, 0.5) is 5.13 Å². The van der Waals surface area contributed by atoms with E-state index in [4.69, 9.17) is 16.6 Å². The lowest BCUT2D eigenvalue weighted by molar-refractivity contribution is 0.0986. The van der Waals surface area contributed by atoms with Gasteiger partial charge in [-0.1, -0.05) is 47.2 Å². The molecule has 0 spiro atoms. The first-order valence-corrected chi connectivity index (χ1v) is 10.2. The number of nitrogens with zero attached hydrogens (tertiary/aromatic N) is 4. The van der Waals surface area contributed by atoms with Gasteiger partial charge in [-0.25, -0.2) is 9.97 Å². The minimum Gasteiger partial charge on any atom is -0.337 e. The van der Waals surface area contributed by atoms with Crippen LogP contribution >= 0.6 is 22.9 Å². The smallest absolute Gasteiger partial charge is 0.260 e. The molecule has 28 heavy (non-hydrogen) atoms. The summed E-state index contributed by atoms with van der Waals surface area (Å²) in [6, 6.07) is 13.1. The minimum absolute atomic E-state index is 0.0564. The molecule has 0 bridgehead atoms. The molecule has 2 aromatic carbocycles. The van der Waals surface area contributed by atoms with Crippen LogP contribution in [0.15, 0.2) is 61.2 Å². The van der Waals surface area contributed by atoms with Gasteiger partial charge >= 0.3 is 0 Å². The number of imidazole rings is 1. The number of benzene rings is 2. The Bertz CT molecular complexity index is 1050. The number of aromatic nitrogens is 3. The molecule has 0 N–H and O–H groups in total. The molecule has 7 heteroatoms. The molecule has 2 heterocycles. The third-order valence-corrected chi connectivity index (χ3v) is 6.08. The van der Waals surface area contributed by atoms with Crippen LogP contribution in [-0.2, 0) is 6.54 Å². The maximum absolute atomic E-state index is 13.2. The molecule has 2 aromatic heterocycles. The summed E-state index contributed by atoms with van der Waals surface area (Å²) in [5, 5.41) is 1.33. The predicted molar refractivity (Wildman–Crippen MR) is 114 cm³/mol. The van der Waals surface area contributed by atoms with Crippen molar-refractivity contribution < 1.29 is 4.79 Å². The van der Waals surface area contributed by atoms with Gasteiger partial charge in [0.2, 0.25) is 0 Å². The first-order chi connectivity index (χ1) is 13.6. The summed E-state index contributed by atoms with van der Waals surface area (Å²) in [4.78, 5) is 23.8. The summed E-state index contributed by atoms with van der Waals surface area (Å²) in [5.74, 6) is -0.0564. The summed E-state index contributed by atoms with van der Waals surface area (Å²) in [6.45, 7) is 3.34. The molecule has 0 aliphatic carbocycles. The van der Waals surface area contributed by atoms with Crippen molar-refractivity contribution in [1.29, 1.82) is 0 Å². The molecule has 0 aliphatic heterocycles. The van der Waals surface area contributed by atoms with Gasteiger partial charge in [0.1, 0.15) is 0 Å². The monoisotopic (exact) mass is 410 g/mol. The second-order valence-electron chi connectivity index (χ2n) is 6.52. The Kier molecular flexibility index (Phi) is 5.41. The molecule has 0 saturated heterocycles. The lowest BCUT2D eigenvalue weighted by Gasteiger charge is -2.20. The lowest BCUT2D eigenvalue weighted by Crippen LogP contribution is -2.32. The van der Waals surface area contributed by atoms with E-state index in [1.165, 1.54) is 11.3 Å². The Morgan fingerprint density at radius 2 is 2.04 bits per heavy atom. The largest absolute Gasteiger partial charge is 0.337 e. The summed E-state index contributed by atoms with van der Waals surface area (Å²) in [5.41, 5.74) is 2.55. The zero-order chi connectivity index (χ0) is 19.5. The first kappa shape index (κ1) is 18.7. The Labute approximate surface area is 172 Å². The SMILES string of the molecule is Cc1ccc(Cl)c2sc(N(CCCn3ccnc3)C(=O)c3ccccc3)nc12. The first-order valence-electron chi connectivity index (χ1n) is 9.02. The summed E-state index contributed by atoms with van der Waals surface area (Å²) < 4.78 is 2.92. The van der Waals surface area contributed by atoms with Gasteiger partial charge in [-0.2, -0.15) is 0 Å². The molecule has 5 nitrogen and oxygen atoms in total. The van der Waals surface area contributed by atoms with Crippen molar-refractivity contribution in [2.75, 3.05) is 11.4 Å². The Balaban J connectivity index is 1.66. The molecule has 0 radical (unpaired) electrons. The lowest BCUT2D eigenvalue weighted by atomic mass is 10.2. The van der Waals surface area contributed by atoms with E-state index in [-0.39, 0.29) is 5.91 Å². The van der Waals surface area contributed by atoms with Crippen LogP contribution in [0, 0.1) is 6.92 Å². The van der Waals surface area contributed by atoms with E-state index in [0.717, 1.165) is 28.7 Å². The molecule has 0 fully saturated rings. The Morgan fingerprint density at radius 1 is 1.21 bits per heavy atom. The van der Waals surface area contributed by atoms with Gasteiger partial charge in [0.25, 0.3) is 5.91 Å². The summed E-state index contributed by atoms with van der Waals surface area (Å²) in [7, 11) is 0. The molecular weight excluding hydrogens is 392 g/mol. The predicted octanol–water partition coefficient (Wildman–Crippen LogP) is 5.19. The minimum atomic E-state index is -0.0564. The van der Waals surface area contributed by atoms with E-state index < -0.39 is 0 Å². The number of hydrogen-bond donors (Lipinski definition) is 0. The van der Waals surface area contributed by atoms with Crippen molar-refractivity contribution in [3.05, 3.63) is 77.3 Å². The van der Waals surface area contributed by atoms with Crippen LogP contribution in [0.1, 0.15) is 22.3 Å². The van der Waals surface area contributed by atoms with Crippen molar-refractivity contribution in [1.82, 2.24) is 14.5 Å². The van der Waals surface area contributed by atoms with E-state index in [1.807, 2.05) is 60.2 Å². The zero-order valence-corrected chi connectivity index (χ0v) is 17.0. The van der Waals surface area contributed by atoms with E-state index in [0.29, 0.717) is 22.3 Å². The fourth-order valence-corrected chi connectivity index (χ4v) is 4.40. The van der Waals surface area contributed by atoms with Crippen molar-refractivity contribution in [3.8, 4) is 0 Å². The fourth-order valence-electron chi connectivity index (χ4n) is 3.06. The number of thiazole rings is 1. The van der Waals surface area contributed by atoms with E-state index in [1.54, 1.807) is 17.4 Å². The second-order valence-corrected chi connectivity index (χ2v) is 7.90. The third kappa shape index (κ3) is 3.79. The molecule has 1 amide bonds. The van der Waals surface area contributed by atoms with Crippen molar-refractivity contribution in [2.24, 2.45) is 0 Å². The number of aryl methyl sites for hydroxylation is 2. The molecule has 0 atom stereocenters. The summed E-state index contributed by atoms with van der Waals surface area (Å²) >= 11 is 7.83. The number of carbonyl (C=O) groups is 1. The summed E-state index contributed by atoms with van der Waals surface area (Å²) in [6.07, 6.45) is 6.25. The molecule has 4 aromatic rings. The number of hydrogen-bond acceptors (Lipinski definition) is 4. The van der Waals surface area contributed by atoms with Crippen LogP contribution < -0.4 is 4.90 Å². The van der Waals surface area contributed by atoms with Crippen LogP contribution in [0.25, 0.3) is 10.2 Å². The number of rotatable bonds is 6. The highest BCUT2D eigenvalue weighted by Gasteiger charge is 2.22. The van der Waals surface area contributed by atoms with Crippen molar-refractivity contribution in [2.45, 2.75) is 19.9 Å². The maximum atomic E-state index is 13.2.